The van der Waals surface area contributed by atoms with E-state index in [1.165, 1.54) is 55.6 Å². The zero-order chi connectivity index (χ0) is 28.9. The van der Waals surface area contributed by atoms with Crippen LogP contribution in [0.2, 0.25) is 0 Å². The molecule has 0 saturated carbocycles. The molecule has 0 aromatic heterocycles. The Kier molecular flexibility index (Phi) is 8.79. The molecule has 5 rings (SSSR count). The molecular formula is C40H44. The number of hydrogen-bond donors (Lipinski definition) is 0. The Morgan fingerprint density at radius 1 is 0.325 bits per heavy atom. The SMILES string of the molecule is Cc1ccc(-c2ccc(C)cc2)cc1.Cc1ccc(C(C)(C)c2cccc(C(C)(C)c3ccc(C)cc3)c2)cc1. The topological polar surface area (TPSA) is 0 Å². The summed E-state index contributed by atoms with van der Waals surface area (Å²) in [6, 6.07) is 44.2. The average Bonchev–Trinajstić information content (AvgIpc) is 2.95. The highest BCUT2D eigenvalue weighted by atomic mass is 14.3. The van der Waals surface area contributed by atoms with Crippen LogP contribution in [0.4, 0.5) is 0 Å². The van der Waals surface area contributed by atoms with Gasteiger partial charge in [-0.1, -0.05) is 171 Å². The van der Waals surface area contributed by atoms with Crippen molar-refractivity contribution in [1.29, 1.82) is 0 Å². The molecule has 0 radical (unpaired) electrons. The molecule has 0 nitrogen and oxygen atoms in total. The van der Waals surface area contributed by atoms with Crippen molar-refractivity contribution in [2.75, 3.05) is 0 Å². The van der Waals surface area contributed by atoms with Gasteiger partial charge in [0.15, 0.2) is 0 Å². The van der Waals surface area contributed by atoms with Crippen LogP contribution in [0.3, 0.4) is 0 Å². The molecule has 0 spiro atoms. The smallest absolute Gasteiger partial charge is 0.0146 e. The van der Waals surface area contributed by atoms with Crippen LogP contribution in [-0.4, -0.2) is 0 Å². The second-order valence-corrected chi connectivity index (χ2v) is 12.3. The van der Waals surface area contributed by atoms with E-state index in [0.717, 1.165) is 0 Å². The van der Waals surface area contributed by atoms with Crippen LogP contribution >= 0.6 is 0 Å². The monoisotopic (exact) mass is 524 g/mol. The van der Waals surface area contributed by atoms with E-state index in [2.05, 4.69) is 177 Å². The summed E-state index contributed by atoms with van der Waals surface area (Å²) < 4.78 is 0. The minimum Gasteiger partial charge on any atom is -0.0617 e. The molecule has 0 bridgehead atoms. The summed E-state index contributed by atoms with van der Waals surface area (Å²) >= 11 is 0. The summed E-state index contributed by atoms with van der Waals surface area (Å²) in [6.07, 6.45) is 0. The van der Waals surface area contributed by atoms with Crippen LogP contribution in [0.5, 0.6) is 0 Å². The van der Waals surface area contributed by atoms with Crippen molar-refractivity contribution >= 4 is 0 Å². The first-order chi connectivity index (χ1) is 19.0. The number of rotatable bonds is 5. The van der Waals surface area contributed by atoms with E-state index in [-0.39, 0.29) is 10.8 Å². The van der Waals surface area contributed by atoms with Gasteiger partial charge in [-0.3, -0.25) is 0 Å². The third-order valence-electron chi connectivity index (χ3n) is 8.29. The van der Waals surface area contributed by atoms with Crippen LogP contribution in [0.1, 0.15) is 72.2 Å². The standard InChI is InChI=1S/C26H30.C14H14/c1-19-10-14-21(15-11-19)25(3,4)23-8-7-9-24(18-23)26(5,6)22-16-12-20(2)13-17-22;1-11-3-7-13(8-4-11)14-9-5-12(2)6-10-14/h7-18H,1-6H3;3-10H,1-2H3. The Bertz CT molecular complexity index is 1400. The van der Waals surface area contributed by atoms with Gasteiger partial charge in [-0.2, -0.15) is 0 Å². The van der Waals surface area contributed by atoms with Gasteiger partial charge in [0.1, 0.15) is 0 Å². The van der Waals surface area contributed by atoms with Gasteiger partial charge in [0.25, 0.3) is 0 Å². The molecule has 0 unspecified atom stereocenters. The number of hydrogen-bond acceptors (Lipinski definition) is 0. The van der Waals surface area contributed by atoms with Crippen molar-refractivity contribution in [2.45, 2.75) is 66.2 Å². The highest BCUT2D eigenvalue weighted by Crippen LogP contribution is 2.37. The van der Waals surface area contributed by atoms with Crippen molar-refractivity contribution in [3.05, 3.63) is 166 Å². The fourth-order valence-electron chi connectivity index (χ4n) is 5.06. The molecule has 0 atom stereocenters. The van der Waals surface area contributed by atoms with Crippen LogP contribution in [0.25, 0.3) is 11.1 Å². The number of aryl methyl sites for hydroxylation is 4. The van der Waals surface area contributed by atoms with Crippen LogP contribution in [-0.2, 0) is 10.8 Å². The first kappa shape index (κ1) is 29.1. The molecule has 0 fully saturated rings. The first-order valence-electron chi connectivity index (χ1n) is 14.4. The van der Waals surface area contributed by atoms with Crippen LogP contribution in [0.15, 0.2) is 121 Å². The van der Waals surface area contributed by atoms with E-state index < -0.39 is 0 Å². The normalized spacial score (nSPS) is 11.5. The van der Waals surface area contributed by atoms with Gasteiger partial charge < -0.3 is 0 Å². The fourth-order valence-corrected chi connectivity index (χ4v) is 5.06. The van der Waals surface area contributed by atoms with Crippen molar-refractivity contribution in [2.24, 2.45) is 0 Å². The predicted octanol–water partition coefficient (Wildman–Crippen LogP) is 10.9. The molecule has 0 heterocycles. The molecule has 5 aromatic carbocycles. The summed E-state index contributed by atoms with van der Waals surface area (Å²) in [5, 5.41) is 0. The minimum atomic E-state index is -0.0208. The highest BCUT2D eigenvalue weighted by Gasteiger charge is 2.27. The molecule has 40 heavy (non-hydrogen) atoms. The minimum absolute atomic E-state index is 0.0208. The first-order valence-corrected chi connectivity index (χ1v) is 14.4. The van der Waals surface area contributed by atoms with Crippen molar-refractivity contribution < 1.29 is 0 Å². The lowest BCUT2D eigenvalue weighted by molar-refractivity contribution is 0.617. The summed E-state index contributed by atoms with van der Waals surface area (Å²) in [4.78, 5) is 0. The van der Waals surface area contributed by atoms with Crippen LogP contribution in [0, 0.1) is 27.7 Å². The average molecular weight is 525 g/mol. The maximum absolute atomic E-state index is 2.39. The summed E-state index contributed by atoms with van der Waals surface area (Å²) in [6.45, 7) is 17.8. The zero-order valence-electron chi connectivity index (χ0n) is 25.5. The van der Waals surface area contributed by atoms with E-state index in [0.29, 0.717) is 0 Å². The fraction of sp³-hybridized carbons (Fsp3) is 0.250. The molecule has 204 valence electrons. The van der Waals surface area contributed by atoms with Crippen LogP contribution < -0.4 is 0 Å². The van der Waals surface area contributed by atoms with E-state index in [1.54, 1.807) is 0 Å². The molecule has 0 saturated heterocycles. The molecule has 0 aliphatic rings. The molecule has 0 aliphatic heterocycles. The largest absolute Gasteiger partial charge is 0.0617 e. The quantitative estimate of drug-likeness (QED) is 0.214. The Morgan fingerprint density at radius 2 is 0.600 bits per heavy atom. The number of benzene rings is 5. The van der Waals surface area contributed by atoms with Crippen molar-refractivity contribution in [3.63, 3.8) is 0 Å². The zero-order valence-corrected chi connectivity index (χ0v) is 25.5. The van der Waals surface area contributed by atoms with Gasteiger partial charge in [-0.15, -0.1) is 0 Å². The third kappa shape index (κ3) is 6.80. The second-order valence-electron chi connectivity index (χ2n) is 12.3. The van der Waals surface area contributed by atoms with Gasteiger partial charge in [-0.05, 0) is 61.1 Å². The van der Waals surface area contributed by atoms with Gasteiger partial charge in [0, 0.05) is 10.8 Å². The van der Waals surface area contributed by atoms with Crippen molar-refractivity contribution in [3.8, 4) is 11.1 Å². The Morgan fingerprint density at radius 3 is 0.900 bits per heavy atom. The van der Waals surface area contributed by atoms with Crippen molar-refractivity contribution in [1.82, 2.24) is 0 Å². The lowest BCUT2D eigenvalue weighted by Gasteiger charge is -2.31. The lowest BCUT2D eigenvalue weighted by Crippen LogP contribution is -2.22. The second kappa shape index (κ2) is 12.1. The molecule has 0 heteroatoms. The Labute approximate surface area is 242 Å². The lowest BCUT2D eigenvalue weighted by atomic mass is 9.73. The maximum Gasteiger partial charge on any atom is 0.0146 e. The van der Waals surface area contributed by atoms with Gasteiger partial charge in [0.2, 0.25) is 0 Å². The molecule has 5 aromatic rings. The molecular weight excluding hydrogens is 480 g/mol. The third-order valence-corrected chi connectivity index (χ3v) is 8.29. The molecule has 0 N–H and O–H groups in total. The van der Waals surface area contributed by atoms with Gasteiger partial charge >= 0.3 is 0 Å². The maximum atomic E-state index is 2.39. The summed E-state index contributed by atoms with van der Waals surface area (Å²) in [7, 11) is 0. The highest BCUT2D eigenvalue weighted by molar-refractivity contribution is 5.63. The molecule has 0 amide bonds. The van der Waals surface area contributed by atoms with E-state index >= 15 is 0 Å². The van der Waals surface area contributed by atoms with Gasteiger partial charge in [0.05, 0.1) is 0 Å². The summed E-state index contributed by atoms with van der Waals surface area (Å²) in [5.41, 5.74) is 13.2. The summed E-state index contributed by atoms with van der Waals surface area (Å²) in [5.74, 6) is 0. The van der Waals surface area contributed by atoms with E-state index in [9.17, 15) is 0 Å². The Balaban J connectivity index is 0.000000222. The Hall–Kier alpha value is -3.90. The van der Waals surface area contributed by atoms with Gasteiger partial charge in [-0.25, -0.2) is 0 Å². The molecule has 0 aliphatic carbocycles. The van der Waals surface area contributed by atoms with E-state index in [1.807, 2.05) is 0 Å². The predicted molar refractivity (Wildman–Crippen MR) is 174 cm³/mol. The van der Waals surface area contributed by atoms with E-state index in [4.69, 9.17) is 0 Å².